The summed E-state index contributed by atoms with van der Waals surface area (Å²) in [5.41, 5.74) is 13.5. The number of carbonyl (C=O) groups excluding carboxylic acids is 4. The minimum atomic E-state index is -1.000. The highest BCUT2D eigenvalue weighted by atomic mass is 32.2. The number of rotatable bonds is 16. The smallest absolute Gasteiger partial charge is 0.247 e. The highest BCUT2D eigenvalue weighted by Crippen LogP contribution is 2.12. The van der Waals surface area contributed by atoms with Gasteiger partial charge in [0.2, 0.25) is 23.6 Å². The van der Waals surface area contributed by atoms with Crippen LogP contribution in [-0.2, 0) is 32.0 Å². The molecule has 12 nitrogen and oxygen atoms in total. The zero-order chi connectivity index (χ0) is 33.3. The number of thioether (sulfide) groups is 1. The minimum absolute atomic E-state index is 0.0655. The number of benzene rings is 2. The fourth-order valence-corrected chi connectivity index (χ4v) is 6.01. The average Bonchev–Trinajstić information content (AvgIpc) is 3.35. The summed E-state index contributed by atoms with van der Waals surface area (Å²) in [4.78, 5) is 55.9. The largest absolute Gasteiger partial charge is 0.370 e. The first-order chi connectivity index (χ1) is 22.2. The molecule has 0 aliphatic carbocycles. The van der Waals surface area contributed by atoms with Crippen molar-refractivity contribution in [3.8, 4) is 0 Å². The van der Waals surface area contributed by atoms with E-state index >= 15 is 0 Å². The molecule has 4 amide bonds. The number of hydrogen-bond donors (Lipinski definition) is 7. The maximum atomic E-state index is 13.8. The molecule has 0 aromatic heterocycles. The summed E-state index contributed by atoms with van der Waals surface area (Å²) in [7, 11) is 0. The fraction of sp³-hybridized carbons (Fsp3) is 0.485. The van der Waals surface area contributed by atoms with Crippen LogP contribution in [0.15, 0.2) is 60.7 Å². The summed E-state index contributed by atoms with van der Waals surface area (Å²) in [6.07, 6.45) is 3.08. The zero-order valence-electron chi connectivity index (χ0n) is 26.5. The van der Waals surface area contributed by atoms with Crippen LogP contribution in [-0.4, -0.2) is 89.8 Å². The van der Waals surface area contributed by atoms with E-state index in [0.29, 0.717) is 32.4 Å². The van der Waals surface area contributed by atoms with Gasteiger partial charge in [0.05, 0.1) is 6.04 Å². The van der Waals surface area contributed by atoms with Gasteiger partial charge in [-0.3, -0.25) is 24.6 Å². The lowest BCUT2D eigenvalue weighted by Gasteiger charge is -2.29. The first kappa shape index (κ1) is 36.4. The molecular formula is C33H48N8O4S. The Balaban J connectivity index is 1.76. The highest BCUT2D eigenvalue weighted by Gasteiger charge is 2.32. The molecule has 3 rings (SSSR count). The monoisotopic (exact) mass is 652 g/mol. The molecule has 0 spiro atoms. The van der Waals surface area contributed by atoms with Gasteiger partial charge in [-0.15, -0.1) is 0 Å². The molecule has 4 atom stereocenters. The molecule has 1 fully saturated rings. The van der Waals surface area contributed by atoms with Crippen LogP contribution in [0.2, 0.25) is 0 Å². The van der Waals surface area contributed by atoms with Gasteiger partial charge >= 0.3 is 0 Å². The van der Waals surface area contributed by atoms with Crippen LogP contribution < -0.4 is 32.7 Å². The van der Waals surface area contributed by atoms with E-state index in [4.69, 9.17) is 16.9 Å². The fourth-order valence-electron chi connectivity index (χ4n) is 5.12. The summed E-state index contributed by atoms with van der Waals surface area (Å²) in [6, 6.07) is 14.8. The Labute approximate surface area is 275 Å². The molecule has 1 saturated heterocycles. The van der Waals surface area contributed by atoms with E-state index in [9.17, 15) is 19.2 Å². The van der Waals surface area contributed by atoms with Gasteiger partial charge in [0.25, 0.3) is 0 Å². The van der Waals surface area contributed by atoms with Crippen molar-refractivity contribution < 1.29 is 19.2 Å². The summed E-state index contributed by atoms with van der Waals surface area (Å²) < 4.78 is 0. The molecule has 0 unspecified atom stereocenters. The van der Waals surface area contributed by atoms with Crippen molar-refractivity contribution in [1.29, 1.82) is 5.41 Å². The molecule has 2 aromatic carbocycles. The number of guanidine groups is 1. The van der Waals surface area contributed by atoms with Gasteiger partial charge in [-0.1, -0.05) is 80.4 Å². The number of nitrogens with zero attached hydrogens (tertiary/aromatic N) is 1. The van der Waals surface area contributed by atoms with Crippen molar-refractivity contribution in [3.63, 3.8) is 0 Å². The lowest BCUT2D eigenvalue weighted by atomic mass is 10.0. The van der Waals surface area contributed by atoms with E-state index in [-0.39, 0.29) is 24.8 Å². The zero-order valence-corrected chi connectivity index (χ0v) is 27.3. The van der Waals surface area contributed by atoms with Crippen molar-refractivity contribution in [2.24, 2.45) is 11.5 Å². The summed E-state index contributed by atoms with van der Waals surface area (Å²) in [5, 5.41) is 18.7. The highest BCUT2D eigenvalue weighted by molar-refractivity contribution is 7.99. The molecule has 2 aromatic rings. The number of nitrogens with two attached hydrogens (primary N) is 2. The van der Waals surface area contributed by atoms with E-state index in [0.717, 1.165) is 35.5 Å². The SMILES string of the molecule is CCCC[C@@H](NC(=O)[C@@H](Cc1ccccc1)NC(=O)[C@H](N)Cc1ccccc1)C(=O)N[C@H](CNC(=N)N)C(=O)N1CCCSCC1. The summed E-state index contributed by atoms with van der Waals surface area (Å²) in [5.74, 6) is -0.382. The van der Waals surface area contributed by atoms with Crippen LogP contribution >= 0.6 is 11.8 Å². The van der Waals surface area contributed by atoms with E-state index in [1.807, 2.05) is 67.6 Å². The molecular weight excluding hydrogens is 604 g/mol. The van der Waals surface area contributed by atoms with Crippen molar-refractivity contribution in [2.45, 2.75) is 69.6 Å². The van der Waals surface area contributed by atoms with Gasteiger partial charge in [-0.2, -0.15) is 11.8 Å². The maximum absolute atomic E-state index is 13.8. The second-order valence-electron chi connectivity index (χ2n) is 11.4. The van der Waals surface area contributed by atoms with Gasteiger partial charge < -0.3 is 37.6 Å². The van der Waals surface area contributed by atoms with Crippen molar-refractivity contribution in [3.05, 3.63) is 71.8 Å². The normalized spacial score (nSPS) is 15.7. The van der Waals surface area contributed by atoms with Gasteiger partial charge in [0.15, 0.2) is 5.96 Å². The number of hydrogen-bond acceptors (Lipinski definition) is 7. The topological polar surface area (TPSA) is 196 Å². The van der Waals surface area contributed by atoms with Crippen molar-refractivity contribution >= 4 is 41.4 Å². The second kappa shape index (κ2) is 19.4. The van der Waals surface area contributed by atoms with Crippen LogP contribution in [0.25, 0.3) is 0 Å². The Morgan fingerprint density at radius 3 is 2.04 bits per heavy atom. The number of nitrogens with one attached hydrogen (secondary N) is 5. The second-order valence-corrected chi connectivity index (χ2v) is 12.6. The van der Waals surface area contributed by atoms with Crippen LogP contribution in [0, 0.1) is 5.41 Å². The van der Waals surface area contributed by atoms with Crippen molar-refractivity contribution in [1.82, 2.24) is 26.2 Å². The van der Waals surface area contributed by atoms with E-state index in [1.54, 1.807) is 16.7 Å². The minimum Gasteiger partial charge on any atom is -0.370 e. The van der Waals surface area contributed by atoms with E-state index in [1.165, 1.54) is 0 Å². The molecule has 0 saturated carbocycles. The Morgan fingerprint density at radius 1 is 0.826 bits per heavy atom. The predicted octanol–water partition coefficient (Wildman–Crippen LogP) is 0.892. The summed E-state index contributed by atoms with van der Waals surface area (Å²) >= 11 is 1.77. The number of unbranched alkanes of at least 4 members (excludes halogenated alkanes) is 1. The third-order valence-electron chi connectivity index (χ3n) is 7.68. The molecule has 0 radical (unpaired) electrons. The van der Waals surface area contributed by atoms with Crippen molar-refractivity contribution in [2.75, 3.05) is 31.1 Å². The van der Waals surface area contributed by atoms with Crippen LogP contribution in [0.1, 0.15) is 43.7 Å². The molecule has 0 bridgehead atoms. The molecule has 1 heterocycles. The molecule has 250 valence electrons. The van der Waals surface area contributed by atoms with Crippen LogP contribution in [0.5, 0.6) is 0 Å². The Morgan fingerprint density at radius 2 is 1.41 bits per heavy atom. The van der Waals surface area contributed by atoms with E-state index < -0.39 is 41.9 Å². The Hall–Kier alpha value is -4.10. The molecule has 9 N–H and O–H groups in total. The standard InChI is InChI=1S/C33H48N8O4S/c1-2-3-15-26(30(43)40-28(22-37-33(35)36)32(45)41-16-10-18-46-19-17-41)38-31(44)27(21-24-13-8-5-9-14-24)39-29(42)25(34)20-23-11-6-4-7-12-23/h4-9,11-14,25-28H,2-3,10,15-22,34H2,1H3,(H,38,44)(H,39,42)(H,40,43)(H4,35,36,37)/t25-,26-,27-,28-/m1/s1. The number of carbonyl (C=O) groups is 4. The number of amides is 4. The lowest BCUT2D eigenvalue weighted by Crippen LogP contribution is -2.60. The predicted molar refractivity (Wildman–Crippen MR) is 182 cm³/mol. The molecule has 46 heavy (non-hydrogen) atoms. The Bertz CT molecular complexity index is 1270. The first-order valence-electron chi connectivity index (χ1n) is 15.9. The third-order valence-corrected chi connectivity index (χ3v) is 8.72. The average molecular weight is 653 g/mol. The quantitative estimate of drug-likeness (QED) is 0.103. The Kier molecular flexibility index (Phi) is 15.4. The van der Waals surface area contributed by atoms with Crippen LogP contribution in [0.4, 0.5) is 0 Å². The lowest BCUT2D eigenvalue weighted by molar-refractivity contribution is -0.137. The molecule has 1 aliphatic heterocycles. The summed E-state index contributed by atoms with van der Waals surface area (Å²) in [6.45, 7) is 3.04. The first-order valence-corrected chi connectivity index (χ1v) is 17.0. The van der Waals surface area contributed by atoms with Gasteiger partial charge in [0.1, 0.15) is 18.1 Å². The van der Waals surface area contributed by atoms with Gasteiger partial charge in [-0.05, 0) is 36.1 Å². The molecule has 1 aliphatic rings. The van der Waals surface area contributed by atoms with E-state index in [2.05, 4.69) is 21.3 Å². The molecule has 13 heteroatoms. The van der Waals surface area contributed by atoms with Gasteiger partial charge in [-0.25, -0.2) is 0 Å². The maximum Gasteiger partial charge on any atom is 0.247 e. The third kappa shape index (κ3) is 12.4. The van der Waals surface area contributed by atoms with Crippen LogP contribution in [0.3, 0.4) is 0 Å². The van der Waals surface area contributed by atoms with Gasteiger partial charge in [0, 0.05) is 31.8 Å².